The molecule has 0 fully saturated rings. The molecule has 0 aromatic carbocycles. The minimum atomic E-state index is -0.842. The first-order chi connectivity index (χ1) is 9.95. The Kier molecular flexibility index (Phi) is 4.89. The zero-order valence-electron chi connectivity index (χ0n) is 15.5. The minimum absolute atomic E-state index is 0.368. The zero-order chi connectivity index (χ0) is 17.6. The first-order valence-corrected chi connectivity index (χ1v) is 7.40. The fraction of sp³-hybridized carbons (Fsp3) is 0.824. The summed E-state index contributed by atoms with van der Waals surface area (Å²) in [5.74, 6) is -0.368. The predicted molar refractivity (Wildman–Crippen MR) is 84.7 cm³/mol. The molecule has 1 aliphatic carbocycles. The molecule has 0 aromatic rings. The fourth-order valence-corrected chi connectivity index (χ4v) is 4.05. The average molecular weight is 314 g/mol. The summed E-state index contributed by atoms with van der Waals surface area (Å²) in [7, 11) is 6.27. The van der Waals surface area contributed by atoms with E-state index in [2.05, 4.69) is 0 Å². The minimum Gasteiger partial charge on any atom is -0.466 e. The number of carbonyl (C=O) groups excluding carboxylic acids is 1. The third-order valence-electron chi connectivity index (χ3n) is 6.34. The fourth-order valence-electron chi connectivity index (χ4n) is 4.05. The molecule has 0 spiro atoms. The van der Waals surface area contributed by atoms with Crippen molar-refractivity contribution >= 4 is 5.97 Å². The molecule has 0 bridgehead atoms. The van der Waals surface area contributed by atoms with E-state index in [4.69, 9.17) is 18.9 Å². The Bertz CT molecular complexity index is 495. The highest BCUT2D eigenvalue weighted by Gasteiger charge is 2.70. The SMILES string of the molecule is COC(=O)C1=C(C)C(C)(OC)C(C)(OC)C(C)(OC)C1(C)C. The summed E-state index contributed by atoms with van der Waals surface area (Å²) < 4.78 is 22.7. The van der Waals surface area contributed by atoms with Crippen molar-refractivity contribution in [2.45, 2.75) is 58.3 Å². The summed E-state index contributed by atoms with van der Waals surface area (Å²) in [5.41, 5.74) is -1.74. The van der Waals surface area contributed by atoms with E-state index in [-0.39, 0.29) is 5.97 Å². The van der Waals surface area contributed by atoms with Gasteiger partial charge in [-0.05, 0) is 33.3 Å². The van der Waals surface area contributed by atoms with Crippen molar-refractivity contribution in [3.05, 3.63) is 11.1 Å². The van der Waals surface area contributed by atoms with Gasteiger partial charge in [0.05, 0.1) is 7.11 Å². The standard InChI is InChI=1S/C17H30O5/c1-11-12(13(18)19-7)14(2,3)16(5,21-9)17(6,22-10)15(11,4)20-8/h1-10H3. The van der Waals surface area contributed by atoms with Gasteiger partial charge in [0.15, 0.2) is 0 Å². The number of hydrogen-bond acceptors (Lipinski definition) is 5. The number of ether oxygens (including phenoxy) is 4. The molecule has 0 amide bonds. The Morgan fingerprint density at radius 3 is 1.59 bits per heavy atom. The van der Waals surface area contributed by atoms with Crippen molar-refractivity contribution in [1.29, 1.82) is 0 Å². The molecule has 0 saturated heterocycles. The molecule has 1 aliphatic rings. The molecule has 1 rings (SSSR count). The maximum atomic E-state index is 12.5. The van der Waals surface area contributed by atoms with Crippen molar-refractivity contribution in [3.63, 3.8) is 0 Å². The number of carbonyl (C=O) groups is 1. The van der Waals surface area contributed by atoms with Crippen molar-refractivity contribution in [1.82, 2.24) is 0 Å². The van der Waals surface area contributed by atoms with E-state index in [1.165, 1.54) is 7.11 Å². The summed E-state index contributed by atoms with van der Waals surface area (Å²) in [5, 5.41) is 0. The molecular weight excluding hydrogens is 284 g/mol. The molecule has 0 heterocycles. The third-order valence-corrected chi connectivity index (χ3v) is 6.34. The van der Waals surface area contributed by atoms with Gasteiger partial charge < -0.3 is 18.9 Å². The number of esters is 1. The van der Waals surface area contributed by atoms with Gasteiger partial charge in [-0.25, -0.2) is 4.79 Å². The summed E-state index contributed by atoms with van der Waals surface area (Å²) in [6.07, 6.45) is 0. The third kappa shape index (κ3) is 1.92. The van der Waals surface area contributed by atoms with E-state index in [1.54, 1.807) is 21.3 Å². The number of methoxy groups -OCH3 is 4. The summed E-state index contributed by atoms with van der Waals surface area (Å²) in [4.78, 5) is 12.5. The van der Waals surface area contributed by atoms with Crippen LogP contribution in [0.5, 0.6) is 0 Å². The largest absolute Gasteiger partial charge is 0.466 e. The van der Waals surface area contributed by atoms with E-state index in [0.717, 1.165) is 5.57 Å². The molecule has 5 nitrogen and oxygen atoms in total. The van der Waals surface area contributed by atoms with Gasteiger partial charge in [-0.2, -0.15) is 0 Å². The van der Waals surface area contributed by atoms with Gasteiger partial charge in [0.25, 0.3) is 0 Å². The van der Waals surface area contributed by atoms with E-state index < -0.39 is 22.2 Å². The molecule has 128 valence electrons. The molecule has 3 unspecified atom stereocenters. The maximum absolute atomic E-state index is 12.5. The van der Waals surface area contributed by atoms with Crippen molar-refractivity contribution in [2.24, 2.45) is 5.41 Å². The predicted octanol–water partition coefficient (Wildman–Crippen LogP) is 2.73. The second-order valence-corrected chi connectivity index (χ2v) is 6.83. The first kappa shape index (κ1) is 19.1. The maximum Gasteiger partial charge on any atom is 0.334 e. The van der Waals surface area contributed by atoms with Gasteiger partial charge in [-0.1, -0.05) is 13.8 Å². The van der Waals surface area contributed by atoms with Crippen LogP contribution in [-0.2, 0) is 23.7 Å². The van der Waals surface area contributed by atoms with Crippen LogP contribution in [0.4, 0.5) is 0 Å². The molecule has 0 radical (unpaired) electrons. The highest BCUT2D eigenvalue weighted by atomic mass is 16.6. The second kappa shape index (κ2) is 5.62. The highest BCUT2D eigenvalue weighted by molar-refractivity contribution is 5.92. The molecular formula is C17H30O5. The van der Waals surface area contributed by atoms with Crippen LogP contribution in [0.15, 0.2) is 11.1 Å². The van der Waals surface area contributed by atoms with Crippen LogP contribution in [-0.4, -0.2) is 51.2 Å². The van der Waals surface area contributed by atoms with Gasteiger partial charge >= 0.3 is 5.97 Å². The normalized spacial score (nSPS) is 38.1. The van der Waals surface area contributed by atoms with Crippen LogP contribution in [0, 0.1) is 5.41 Å². The summed E-state index contributed by atoms with van der Waals surface area (Å²) >= 11 is 0. The van der Waals surface area contributed by atoms with Crippen molar-refractivity contribution in [3.8, 4) is 0 Å². The van der Waals surface area contributed by atoms with Crippen molar-refractivity contribution in [2.75, 3.05) is 28.4 Å². The number of hydrogen-bond donors (Lipinski definition) is 0. The van der Waals surface area contributed by atoms with Crippen LogP contribution in [0.1, 0.15) is 41.5 Å². The average Bonchev–Trinajstić information content (AvgIpc) is 2.50. The Hall–Kier alpha value is -0.910. The lowest BCUT2D eigenvalue weighted by Crippen LogP contribution is -2.74. The van der Waals surface area contributed by atoms with E-state index in [0.29, 0.717) is 5.57 Å². The van der Waals surface area contributed by atoms with Crippen LogP contribution in [0.25, 0.3) is 0 Å². The Balaban J connectivity index is 3.93. The molecule has 0 aromatic heterocycles. The lowest BCUT2D eigenvalue weighted by atomic mass is 9.51. The zero-order valence-corrected chi connectivity index (χ0v) is 15.5. The molecule has 0 aliphatic heterocycles. The molecule has 0 saturated carbocycles. The monoisotopic (exact) mass is 314 g/mol. The smallest absolute Gasteiger partial charge is 0.334 e. The van der Waals surface area contributed by atoms with Gasteiger partial charge in [-0.3, -0.25) is 0 Å². The van der Waals surface area contributed by atoms with E-state index in [9.17, 15) is 4.79 Å². The van der Waals surface area contributed by atoms with Crippen molar-refractivity contribution < 1.29 is 23.7 Å². The van der Waals surface area contributed by atoms with Crippen LogP contribution < -0.4 is 0 Å². The van der Waals surface area contributed by atoms with Crippen LogP contribution >= 0.6 is 0 Å². The molecule has 3 atom stereocenters. The van der Waals surface area contributed by atoms with Gasteiger partial charge in [0.2, 0.25) is 0 Å². The topological polar surface area (TPSA) is 54.0 Å². The lowest BCUT2D eigenvalue weighted by molar-refractivity contribution is -0.280. The van der Waals surface area contributed by atoms with Crippen LogP contribution in [0.3, 0.4) is 0 Å². The van der Waals surface area contributed by atoms with E-state index in [1.807, 2.05) is 41.5 Å². The Labute approximate surface area is 133 Å². The Morgan fingerprint density at radius 2 is 1.27 bits per heavy atom. The highest BCUT2D eigenvalue weighted by Crippen LogP contribution is 2.59. The molecule has 0 N–H and O–H groups in total. The lowest BCUT2D eigenvalue weighted by Gasteiger charge is -2.63. The quantitative estimate of drug-likeness (QED) is 0.747. The second-order valence-electron chi connectivity index (χ2n) is 6.83. The molecule has 5 heteroatoms. The summed E-state index contributed by atoms with van der Waals surface area (Å²) in [6.45, 7) is 11.7. The van der Waals surface area contributed by atoms with Gasteiger partial charge in [0.1, 0.15) is 16.8 Å². The van der Waals surface area contributed by atoms with Gasteiger partial charge in [-0.15, -0.1) is 0 Å². The number of rotatable bonds is 4. The van der Waals surface area contributed by atoms with E-state index >= 15 is 0 Å². The Morgan fingerprint density at radius 1 is 0.818 bits per heavy atom. The van der Waals surface area contributed by atoms with Crippen LogP contribution in [0.2, 0.25) is 0 Å². The van der Waals surface area contributed by atoms with Gasteiger partial charge in [0, 0.05) is 32.3 Å². The summed E-state index contributed by atoms with van der Waals surface area (Å²) in [6, 6.07) is 0. The first-order valence-electron chi connectivity index (χ1n) is 7.40. The molecule has 22 heavy (non-hydrogen) atoms.